The molecular weight excluding hydrogens is 238 g/mol. The maximum absolute atomic E-state index is 11.9. The molecule has 0 radical (unpaired) electrons. The van der Waals surface area contributed by atoms with E-state index in [1.165, 1.54) is 0 Å². The van der Waals surface area contributed by atoms with Crippen molar-refractivity contribution in [1.82, 2.24) is 10.2 Å². The fraction of sp³-hybridized carbons (Fsp3) is 0.533. The predicted octanol–water partition coefficient (Wildman–Crippen LogP) is 1.86. The monoisotopic (exact) mass is 263 g/mol. The highest BCUT2D eigenvalue weighted by Gasteiger charge is 2.13. The maximum atomic E-state index is 11.9. The first kappa shape index (κ1) is 15.5. The molecule has 1 unspecified atom stereocenters. The summed E-state index contributed by atoms with van der Waals surface area (Å²) in [4.78, 5) is 13.8. The summed E-state index contributed by atoms with van der Waals surface area (Å²) in [6, 6.07) is 7.93. The molecule has 0 aromatic heterocycles. The van der Waals surface area contributed by atoms with Gasteiger partial charge in [0.05, 0.1) is 6.54 Å². The SMILES string of the molecule is CC(C)C(C)NC(=O)CN(C)Cc1ccccc1N. The molecule has 1 amide bonds. The zero-order valence-corrected chi connectivity index (χ0v) is 12.3. The van der Waals surface area contributed by atoms with Gasteiger partial charge in [-0.05, 0) is 31.5 Å². The zero-order chi connectivity index (χ0) is 14.4. The molecule has 0 saturated carbocycles. The second-order valence-corrected chi connectivity index (χ2v) is 5.47. The van der Waals surface area contributed by atoms with Gasteiger partial charge in [0.25, 0.3) is 0 Å². The molecule has 0 bridgehead atoms. The smallest absolute Gasteiger partial charge is 0.234 e. The van der Waals surface area contributed by atoms with E-state index in [9.17, 15) is 4.79 Å². The molecular formula is C15H25N3O. The van der Waals surface area contributed by atoms with Crippen LogP contribution in [0.3, 0.4) is 0 Å². The fourth-order valence-electron chi connectivity index (χ4n) is 1.74. The highest BCUT2D eigenvalue weighted by molar-refractivity contribution is 5.78. The number of nitrogen functional groups attached to an aromatic ring is 1. The van der Waals surface area contributed by atoms with E-state index in [-0.39, 0.29) is 11.9 Å². The van der Waals surface area contributed by atoms with Gasteiger partial charge in [0.2, 0.25) is 5.91 Å². The van der Waals surface area contributed by atoms with E-state index in [1.807, 2.05) is 43.1 Å². The van der Waals surface area contributed by atoms with Crippen molar-refractivity contribution in [3.63, 3.8) is 0 Å². The van der Waals surface area contributed by atoms with Crippen molar-refractivity contribution in [3.8, 4) is 0 Å². The van der Waals surface area contributed by atoms with Crippen LogP contribution in [0.5, 0.6) is 0 Å². The van der Waals surface area contributed by atoms with Crippen molar-refractivity contribution in [1.29, 1.82) is 0 Å². The van der Waals surface area contributed by atoms with E-state index in [0.717, 1.165) is 11.3 Å². The van der Waals surface area contributed by atoms with Crippen molar-refractivity contribution < 1.29 is 4.79 Å². The number of likely N-dealkylation sites (N-methyl/N-ethyl adjacent to an activating group) is 1. The first-order chi connectivity index (χ1) is 8.90. The summed E-state index contributed by atoms with van der Waals surface area (Å²) in [5.41, 5.74) is 7.71. The van der Waals surface area contributed by atoms with Crippen molar-refractivity contribution >= 4 is 11.6 Å². The van der Waals surface area contributed by atoms with E-state index in [0.29, 0.717) is 19.0 Å². The van der Waals surface area contributed by atoms with Crippen LogP contribution < -0.4 is 11.1 Å². The normalized spacial score (nSPS) is 12.7. The van der Waals surface area contributed by atoms with Gasteiger partial charge in [-0.25, -0.2) is 0 Å². The molecule has 1 aromatic carbocycles. The summed E-state index contributed by atoms with van der Waals surface area (Å²) < 4.78 is 0. The Morgan fingerprint density at radius 1 is 1.32 bits per heavy atom. The Morgan fingerprint density at radius 2 is 1.95 bits per heavy atom. The molecule has 0 aliphatic carbocycles. The van der Waals surface area contributed by atoms with Gasteiger partial charge in [-0.1, -0.05) is 32.0 Å². The number of hydrogen-bond acceptors (Lipinski definition) is 3. The van der Waals surface area contributed by atoms with E-state index in [1.54, 1.807) is 0 Å². The molecule has 0 aliphatic heterocycles. The van der Waals surface area contributed by atoms with Gasteiger partial charge in [-0.15, -0.1) is 0 Å². The Labute approximate surface area is 116 Å². The Bertz CT molecular complexity index is 418. The summed E-state index contributed by atoms with van der Waals surface area (Å²) in [5.74, 6) is 0.497. The van der Waals surface area contributed by atoms with Gasteiger partial charge >= 0.3 is 0 Å². The molecule has 0 saturated heterocycles. The van der Waals surface area contributed by atoms with E-state index >= 15 is 0 Å². The number of nitrogens with two attached hydrogens (primary N) is 1. The zero-order valence-electron chi connectivity index (χ0n) is 12.3. The molecule has 0 spiro atoms. The second-order valence-electron chi connectivity index (χ2n) is 5.47. The van der Waals surface area contributed by atoms with Crippen molar-refractivity contribution in [3.05, 3.63) is 29.8 Å². The van der Waals surface area contributed by atoms with Crippen LogP contribution >= 0.6 is 0 Å². The lowest BCUT2D eigenvalue weighted by Gasteiger charge is -2.21. The predicted molar refractivity (Wildman–Crippen MR) is 79.6 cm³/mol. The number of hydrogen-bond donors (Lipinski definition) is 2. The number of rotatable bonds is 6. The number of amides is 1. The average molecular weight is 263 g/mol. The van der Waals surface area contributed by atoms with E-state index < -0.39 is 0 Å². The van der Waals surface area contributed by atoms with Crippen molar-refractivity contribution in [2.24, 2.45) is 5.92 Å². The lowest BCUT2D eigenvalue weighted by molar-refractivity contribution is -0.122. The van der Waals surface area contributed by atoms with Gasteiger partial charge in [0.1, 0.15) is 0 Å². The Morgan fingerprint density at radius 3 is 2.53 bits per heavy atom. The number of benzene rings is 1. The van der Waals surface area contributed by atoms with Crippen LogP contribution in [0.2, 0.25) is 0 Å². The number of para-hydroxylation sites is 1. The lowest BCUT2D eigenvalue weighted by atomic mass is 10.1. The van der Waals surface area contributed by atoms with Crippen LogP contribution in [-0.2, 0) is 11.3 Å². The highest BCUT2D eigenvalue weighted by atomic mass is 16.2. The van der Waals surface area contributed by atoms with Crippen LogP contribution in [0.15, 0.2) is 24.3 Å². The topological polar surface area (TPSA) is 58.4 Å². The van der Waals surface area contributed by atoms with Crippen molar-refractivity contribution in [2.75, 3.05) is 19.3 Å². The van der Waals surface area contributed by atoms with Crippen molar-refractivity contribution in [2.45, 2.75) is 33.4 Å². The average Bonchev–Trinajstić information content (AvgIpc) is 2.31. The van der Waals surface area contributed by atoms with Gasteiger partial charge in [0, 0.05) is 18.3 Å². The summed E-state index contributed by atoms with van der Waals surface area (Å²) >= 11 is 0. The second kappa shape index (κ2) is 7.14. The van der Waals surface area contributed by atoms with Gasteiger partial charge < -0.3 is 11.1 Å². The van der Waals surface area contributed by atoms with Crippen LogP contribution in [0.4, 0.5) is 5.69 Å². The molecule has 19 heavy (non-hydrogen) atoms. The summed E-state index contributed by atoms with van der Waals surface area (Å²) in [5, 5.41) is 3.00. The van der Waals surface area contributed by atoms with E-state index in [4.69, 9.17) is 5.73 Å². The first-order valence-electron chi connectivity index (χ1n) is 6.71. The number of nitrogens with zero attached hydrogens (tertiary/aromatic N) is 1. The lowest BCUT2D eigenvalue weighted by Crippen LogP contribution is -2.41. The molecule has 4 heteroatoms. The number of carbonyl (C=O) groups excluding carboxylic acids is 1. The highest BCUT2D eigenvalue weighted by Crippen LogP contribution is 2.12. The maximum Gasteiger partial charge on any atom is 0.234 e. The first-order valence-corrected chi connectivity index (χ1v) is 6.71. The molecule has 4 nitrogen and oxygen atoms in total. The van der Waals surface area contributed by atoms with Crippen LogP contribution in [0.25, 0.3) is 0 Å². The van der Waals surface area contributed by atoms with Crippen LogP contribution in [0.1, 0.15) is 26.3 Å². The minimum atomic E-state index is 0.0539. The quantitative estimate of drug-likeness (QED) is 0.770. The molecule has 1 atom stereocenters. The van der Waals surface area contributed by atoms with Gasteiger partial charge in [-0.3, -0.25) is 9.69 Å². The number of anilines is 1. The summed E-state index contributed by atoms with van der Waals surface area (Å²) in [6.45, 7) is 7.28. The van der Waals surface area contributed by atoms with E-state index in [2.05, 4.69) is 19.2 Å². The minimum absolute atomic E-state index is 0.0539. The third-order valence-corrected chi connectivity index (χ3v) is 3.30. The molecule has 3 N–H and O–H groups in total. The standard InChI is InChI=1S/C15H25N3O/c1-11(2)12(3)17-15(19)10-18(4)9-13-7-5-6-8-14(13)16/h5-8,11-12H,9-10,16H2,1-4H3,(H,17,19). The molecule has 106 valence electrons. The summed E-state index contributed by atoms with van der Waals surface area (Å²) in [6.07, 6.45) is 0. The molecule has 1 aromatic rings. The van der Waals surface area contributed by atoms with Gasteiger partial charge in [0.15, 0.2) is 0 Å². The third-order valence-electron chi connectivity index (χ3n) is 3.30. The molecule has 1 rings (SSSR count). The minimum Gasteiger partial charge on any atom is -0.398 e. The molecule has 0 heterocycles. The largest absolute Gasteiger partial charge is 0.398 e. The Hall–Kier alpha value is -1.55. The summed E-state index contributed by atoms with van der Waals surface area (Å²) in [7, 11) is 1.92. The molecule has 0 aliphatic rings. The molecule has 0 fully saturated rings. The Balaban J connectivity index is 2.45. The third kappa shape index (κ3) is 5.30. The number of nitrogens with one attached hydrogen (secondary N) is 1. The van der Waals surface area contributed by atoms with Gasteiger partial charge in [-0.2, -0.15) is 0 Å². The van der Waals surface area contributed by atoms with Crippen LogP contribution in [-0.4, -0.2) is 30.4 Å². The van der Waals surface area contributed by atoms with Crippen LogP contribution in [0, 0.1) is 5.92 Å². The fourth-order valence-corrected chi connectivity index (χ4v) is 1.74. The Kier molecular flexibility index (Phi) is 5.83. The number of carbonyl (C=O) groups is 1.